The number of quaternary nitrogens is 1. The fraction of sp³-hybridized carbons (Fsp3) is 0.238. The van der Waals surface area contributed by atoms with E-state index in [1.165, 1.54) is 4.90 Å². The van der Waals surface area contributed by atoms with Crippen LogP contribution in [0.2, 0.25) is 0 Å². The van der Waals surface area contributed by atoms with Crippen LogP contribution in [0.5, 0.6) is 0 Å². The molecule has 0 saturated heterocycles. The molecule has 1 atom stereocenters. The van der Waals surface area contributed by atoms with Gasteiger partial charge in [0.05, 0.1) is 12.0 Å². The van der Waals surface area contributed by atoms with Crippen molar-refractivity contribution in [1.82, 2.24) is 0 Å². The number of fused-ring (bicyclic) bond motifs is 2. The van der Waals surface area contributed by atoms with E-state index in [2.05, 4.69) is 0 Å². The maximum Gasteiger partial charge on any atom is 0.421 e. The Labute approximate surface area is 156 Å². The van der Waals surface area contributed by atoms with Crippen LogP contribution in [0.15, 0.2) is 63.8 Å². The van der Waals surface area contributed by atoms with Crippen molar-refractivity contribution in [3.63, 3.8) is 0 Å². The molecule has 1 unspecified atom stereocenters. The zero-order valence-corrected chi connectivity index (χ0v) is 15.1. The quantitative estimate of drug-likeness (QED) is 0.774. The number of nitrogens with one attached hydrogen (secondary N) is 1. The summed E-state index contributed by atoms with van der Waals surface area (Å²) in [5, 5.41) is 0.529. The summed E-state index contributed by atoms with van der Waals surface area (Å²) in [7, 11) is 0. The Bertz CT molecular complexity index is 1030. The van der Waals surface area contributed by atoms with Gasteiger partial charge in [0.15, 0.2) is 6.67 Å². The topological polar surface area (TPSA) is 64.2 Å². The Hall–Kier alpha value is -3.12. The first kappa shape index (κ1) is 17.3. The number of hydrogen-bond acceptors (Lipinski definition) is 4. The summed E-state index contributed by atoms with van der Waals surface area (Å²) in [5.74, 6) is 0.300. The van der Waals surface area contributed by atoms with Crippen molar-refractivity contribution in [3.05, 3.63) is 75.9 Å². The Morgan fingerprint density at radius 3 is 2.67 bits per heavy atom. The largest absolute Gasteiger partial charge is 0.449 e. The molecule has 3 aromatic rings. The number of para-hydroxylation sites is 1. The van der Waals surface area contributed by atoms with Crippen LogP contribution in [-0.4, -0.2) is 19.4 Å². The first-order chi connectivity index (χ1) is 13.2. The lowest BCUT2D eigenvalue weighted by molar-refractivity contribution is -0.928. The van der Waals surface area contributed by atoms with Crippen molar-refractivity contribution in [2.45, 2.75) is 20.0 Å². The third-order valence-electron chi connectivity index (χ3n) is 4.71. The molecule has 1 N–H and O–H groups in total. The highest BCUT2D eigenvalue weighted by Gasteiger charge is 2.35. The van der Waals surface area contributed by atoms with Gasteiger partial charge in [-0.2, -0.15) is 4.90 Å². The van der Waals surface area contributed by atoms with Gasteiger partial charge in [0.2, 0.25) is 11.3 Å². The Kier molecular flexibility index (Phi) is 4.64. The fourth-order valence-corrected chi connectivity index (χ4v) is 3.50. The molecule has 2 heterocycles. The molecular formula is C21H21N2O4+. The Morgan fingerprint density at radius 1 is 1.15 bits per heavy atom. The summed E-state index contributed by atoms with van der Waals surface area (Å²) in [4.78, 5) is 28.1. The van der Waals surface area contributed by atoms with E-state index in [-0.39, 0.29) is 12.0 Å². The van der Waals surface area contributed by atoms with Gasteiger partial charge in [0.1, 0.15) is 24.2 Å². The van der Waals surface area contributed by atoms with Gasteiger partial charge in [-0.15, -0.1) is 0 Å². The minimum Gasteiger partial charge on any atom is -0.449 e. The van der Waals surface area contributed by atoms with Crippen molar-refractivity contribution < 1.29 is 18.8 Å². The molecule has 6 heteroatoms. The van der Waals surface area contributed by atoms with Crippen LogP contribution in [-0.2, 0) is 17.8 Å². The van der Waals surface area contributed by atoms with Crippen molar-refractivity contribution >= 4 is 22.9 Å². The summed E-state index contributed by atoms with van der Waals surface area (Å²) in [5.41, 5.74) is 2.04. The van der Waals surface area contributed by atoms with E-state index in [0.717, 1.165) is 10.5 Å². The van der Waals surface area contributed by atoms with Crippen LogP contribution in [0, 0.1) is 0 Å². The maximum atomic E-state index is 13.0. The van der Waals surface area contributed by atoms with E-state index in [1.54, 1.807) is 19.1 Å². The predicted octanol–water partition coefficient (Wildman–Crippen LogP) is 2.31. The van der Waals surface area contributed by atoms with Gasteiger partial charge < -0.3 is 14.1 Å². The first-order valence-electron chi connectivity index (χ1n) is 9.04. The normalized spacial score (nSPS) is 16.2. The highest BCUT2D eigenvalue weighted by Crippen LogP contribution is 2.25. The Balaban J connectivity index is 1.78. The average molecular weight is 365 g/mol. The van der Waals surface area contributed by atoms with Crippen LogP contribution < -0.4 is 15.2 Å². The van der Waals surface area contributed by atoms with E-state index in [0.29, 0.717) is 42.2 Å². The summed E-state index contributed by atoms with van der Waals surface area (Å²) in [6.07, 6.45) is -0.498. The van der Waals surface area contributed by atoms with Crippen molar-refractivity contribution in [2.75, 3.05) is 18.2 Å². The number of carbonyl (C=O) groups excluding carboxylic acids is 1. The third-order valence-corrected chi connectivity index (χ3v) is 4.71. The standard InChI is InChI=1S/C21H20N2O4/c1-2-26-21(25)23-14-22(12-15-8-4-3-5-9-15)13-17-19(24)16-10-6-7-11-18(16)27-20(17)23/h3-11H,2,12-14H2,1H3/p+1. The van der Waals surface area contributed by atoms with E-state index in [4.69, 9.17) is 9.15 Å². The molecule has 1 aliphatic rings. The number of benzene rings is 2. The molecule has 2 aromatic carbocycles. The molecule has 0 bridgehead atoms. The highest BCUT2D eigenvalue weighted by molar-refractivity contribution is 5.89. The minimum atomic E-state index is -0.498. The molecule has 6 nitrogen and oxygen atoms in total. The second-order valence-electron chi connectivity index (χ2n) is 6.59. The molecular weight excluding hydrogens is 344 g/mol. The van der Waals surface area contributed by atoms with Crippen molar-refractivity contribution in [1.29, 1.82) is 0 Å². The summed E-state index contributed by atoms with van der Waals surface area (Å²) in [6, 6.07) is 17.1. The van der Waals surface area contributed by atoms with Crippen molar-refractivity contribution in [3.8, 4) is 0 Å². The molecule has 138 valence electrons. The molecule has 0 aliphatic carbocycles. The molecule has 0 radical (unpaired) electrons. The monoisotopic (exact) mass is 365 g/mol. The van der Waals surface area contributed by atoms with Gasteiger partial charge in [0.25, 0.3) is 0 Å². The zero-order chi connectivity index (χ0) is 18.8. The zero-order valence-electron chi connectivity index (χ0n) is 15.1. The minimum absolute atomic E-state index is 0.0913. The van der Waals surface area contributed by atoms with Gasteiger partial charge >= 0.3 is 6.09 Å². The van der Waals surface area contributed by atoms with Crippen LogP contribution in [0.4, 0.5) is 10.7 Å². The SMILES string of the molecule is CCOC(=O)N1C[NH+](Cc2ccccc2)Cc2c1oc1ccccc1c2=O. The summed E-state index contributed by atoms with van der Waals surface area (Å²) >= 11 is 0. The molecule has 0 saturated carbocycles. The van der Waals surface area contributed by atoms with Gasteiger partial charge in [0, 0.05) is 5.56 Å². The lowest BCUT2D eigenvalue weighted by Crippen LogP contribution is -3.12. The number of ether oxygens (including phenoxy) is 1. The molecule has 0 fully saturated rings. The summed E-state index contributed by atoms with van der Waals surface area (Å²) < 4.78 is 11.2. The highest BCUT2D eigenvalue weighted by atomic mass is 16.6. The van der Waals surface area contributed by atoms with E-state index in [1.807, 2.05) is 42.5 Å². The number of rotatable bonds is 3. The van der Waals surface area contributed by atoms with Crippen LogP contribution >= 0.6 is 0 Å². The van der Waals surface area contributed by atoms with Crippen LogP contribution in [0.1, 0.15) is 18.1 Å². The molecule has 4 rings (SSSR count). The molecule has 0 spiro atoms. The maximum absolute atomic E-state index is 13.0. The number of anilines is 1. The van der Waals surface area contributed by atoms with Gasteiger partial charge in [-0.05, 0) is 19.1 Å². The fourth-order valence-electron chi connectivity index (χ4n) is 3.50. The van der Waals surface area contributed by atoms with E-state index in [9.17, 15) is 9.59 Å². The van der Waals surface area contributed by atoms with Crippen LogP contribution in [0.3, 0.4) is 0 Å². The number of carbonyl (C=O) groups is 1. The molecule has 27 heavy (non-hydrogen) atoms. The second kappa shape index (κ2) is 7.25. The lowest BCUT2D eigenvalue weighted by atomic mass is 10.1. The second-order valence-corrected chi connectivity index (χ2v) is 6.59. The van der Waals surface area contributed by atoms with Gasteiger partial charge in [-0.25, -0.2) is 4.79 Å². The number of amides is 1. The molecule has 1 amide bonds. The number of hydrogen-bond donors (Lipinski definition) is 1. The average Bonchev–Trinajstić information content (AvgIpc) is 2.69. The van der Waals surface area contributed by atoms with Crippen LogP contribution in [0.25, 0.3) is 11.0 Å². The van der Waals surface area contributed by atoms with E-state index >= 15 is 0 Å². The predicted molar refractivity (Wildman–Crippen MR) is 102 cm³/mol. The molecule has 1 aromatic heterocycles. The van der Waals surface area contributed by atoms with Gasteiger partial charge in [-0.1, -0.05) is 42.5 Å². The third kappa shape index (κ3) is 3.31. The van der Waals surface area contributed by atoms with Gasteiger partial charge in [-0.3, -0.25) is 4.79 Å². The Morgan fingerprint density at radius 2 is 1.89 bits per heavy atom. The first-order valence-corrected chi connectivity index (χ1v) is 9.04. The van der Waals surface area contributed by atoms with Crippen molar-refractivity contribution in [2.24, 2.45) is 0 Å². The number of nitrogens with zero attached hydrogens (tertiary/aromatic N) is 1. The van der Waals surface area contributed by atoms with E-state index < -0.39 is 6.09 Å². The molecule has 1 aliphatic heterocycles. The summed E-state index contributed by atoms with van der Waals surface area (Å²) in [6.45, 7) is 3.59. The lowest BCUT2D eigenvalue weighted by Gasteiger charge is -2.32. The smallest absolute Gasteiger partial charge is 0.421 e.